The van der Waals surface area contributed by atoms with Gasteiger partial charge in [0, 0.05) is 19.7 Å². The van der Waals surface area contributed by atoms with Crippen LogP contribution >= 0.6 is 0 Å². The molecule has 0 aromatic rings. The molecule has 0 spiro atoms. The number of hydrogen-bond donors (Lipinski definition) is 3. The van der Waals surface area contributed by atoms with Gasteiger partial charge < -0.3 is 25.0 Å². The van der Waals surface area contributed by atoms with Crippen molar-refractivity contribution in [2.24, 2.45) is 0 Å². The molecule has 0 aliphatic carbocycles. The van der Waals surface area contributed by atoms with E-state index in [1.165, 1.54) is 0 Å². The summed E-state index contributed by atoms with van der Waals surface area (Å²) in [5.74, 6) is 0. The first-order valence-electron chi connectivity index (χ1n) is 5.58. The molecule has 0 heterocycles. The fraction of sp³-hybridized carbons (Fsp3) is 1.00. The van der Waals surface area contributed by atoms with Crippen LogP contribution in [0.15, 0.2) is 0 Å². The summed E-state index contributed by atoms with van der Waals surface area (Å²) in [5.41, 5.74) is 0. The number of aliphatic hydroxyl groups excluding tert-OH is 2. The Kier molecular flexibility index (Phi) is 10.6. The lowest BCUT2D eigenvalue weighted by atomic mass is 10.3. The predicted molar refractivity (Wildman–Crippen MR) is 58.2 cm³/mol. The van der Waals surface area contributed by atoms with Crippen molar-refractivity contribution in [2.75, 3.05) is 39.5 Å². The summed E-state index contributed by atoms with van der Waals surface area (Å²) >= 11 is 0. The average molecular weight is 257 g/mol. The normalized spacial score (nSPS) is 15.2. The second kappa shape index (κ2) is 10.8. The van der Waals surface area contributed by atoms with E-state index >= 15 is 0 Å². The lowest BCUT2D eigenvalue weighted by Crippen LogP contribution is -2.37. The Morgan fingerprint density at radius 1 is 1.12 bits per heavy atom. The van der Waals surface area contributed by atoms with E-state index in [1.807, 2.05) is 6.92 Å². The third-order valence-electron chi connectivity index (χ3n) is 1.91. The molecular formula is C10H21F2NO4. The van der Waals surface area contributed by atoms with E-state index in [9.17, 15) is 13.9 Å². The summed E-state index contributed by atoms with van der Waals surface area (Å²) in [6, 6.07) is 0. The summed E-state index contributed by atoms with van der Waals surface area (Å²) in [4.78, 5) is 0. The molecule has 2 unspecified atom stereocenters. The summed E-state index contributed by atoms with van der Waals surface area (Å²) in [7, 11) is 0. The van der Waals surface area contributed by atoms with Crippen LogP contribution in [0.1, 0.15) is 6.92 Å². The van der Waals surface area contributed by atoms with Gasteiger partial charge in [0.1, 0.15) is 6.10 Å². The molecule has 0 aliphatic rings. The van der Waals surface area contributed by atoms with Gasteiger partial charge in [-0.15, -0.1) is 0 Å². The fourth-order valence-corrected chi connectivity index (χ4v) is 1.03. The molecule has 0 bridgehead atoms. The Morgan fingerprint density at radius 3 is 2.35 bits per heavy atom. The third-order valence-corrected chi connectivity index (χ3v) is 1.91. The van der Waals surface area contributed by atoms with E-state index < -0.39 is 18.6 Å². The topological polar surface area (TPSA) is 71.0 Å². The van der Waals surface area contributed by atoms with Gasteiger partial charge >= 0.3 is 0 Å². The first-order valence-corrected chi connectivity index (χ1v) is 5.58. The number of alkyl halides is 2. The molecule has 0 rings (SSSR count). The standard InChI is InChI=1S/C10H21F2NO4/c1-2-16-3-4-17-7-8(14)5-13-6-9(15)10(11)12/h8-10,13-15H,2-7H2,1H3. The van der Waals surface area contributed by atoms with E-state index in [4.69, 9.17) is 14.6 Å². The van der Waals surface area contributed by atoms with Gasteiger partial charge in [-0.3, -0.25) is 0 Å². The highest BCUT2D eigenvalue weighted by Crippen LogP contribution is 1.98. The molecular weight excluding hydrogens is 236 g/mol. The van der Waals surface area contributed by atoms with Gasteiger partial charge in [0.25, 0.3) is 6.43 Å². The van der Waals surface area contributed by atoms with Crippen LogP contribution in [-0.2, 0) is 9.47 Å². The van der Waals surface area contributed by atoms with E-state index in [0.29, 0.717) is 19.8 Å². The number of hydrogen-bond acceptors (Lipinski definition) is 5. The lowest BCUT2D eigenvalue weighted by Gasteiger charge is -2.14. The molecule has 0 aromatic heterocycles. The minimum absolute atomic E-state index is 0.0956. The van der Waals surface area contributed by atoms with Gasteiger partial charge in [-0.05, 0) is 6.92 Å². The molecule has 0 saturated carbocycles. The third kappa shape index (κ3) is 10.5. The summed E-state index contributed by atoms with van der Waals surface area (Å²) in [5, 5.41) is 20.7. The first-order chi connectivity index (χ1) is 8.07. The van der Waals surface area contributed by atoms with Crippen LogP contribution in [0.2, 0.25) is 0 Å². The van der Waals surface area contributed by atoms with Gasteiger partial charge in [0.2, 0.25) is 0 Å². The quantitative estimate of drug-likeness (QED) is 0.440. The van der Waals surface area contributed by atoms with Crippen LogP contribution < -0.4 is 5.32 Å². The molecule has 17 heavy (non-hydrogen) atoms. The Balaban J connectivity index is 3.31. The SMILES string of the molecule is CCOCCOCC(O)CNCC(O)C(F)F. The summed E-state index contributed by atoms with van der Waals surface area (Å²) in [6.45, 7) is 3.26. The Morgan fingerprint density at radius 2 is 1.76 bits per heavy atom. The maximum Gasteiger partial charge on any atom is 0.265 e. The van der Waals surface area contributed by atoms with Crippen LogP contribution in [-0.4, -0.2) is 68.4 Å². The van der Waals surface area contributed by atoms with Gasteiger partial charge in [-0.1, -0.05) is 0 Å². The van der Waals surface area contributed by atoms with Crippen molar-refractivity contribution in [1.29, 1.82) is 0 Å². The van der Waals surface area contributed by atoms with Crippen LogP contribution in [0.3, 0.4) is 0 Å². The molecule has 0 aromatic carbocycles. The molecule has 0 fully saturated rings. The van der Waals surface area contributed by atoms with Crippen molar-refractivity contribution < 1.29 is 28.5 Å². The molecule has 3 N–H and O–H groups in total. The van der Waals surface area contributed by atoms with Gasteiger partial charge in [-0.25, -0.2) is 8.78 Å². The van der Waals surface area contributed by atoms with Gasteiger partial charge in [0.05, 0.1) is 25.9 Å². The molecule has 104 valence electrons. The van der Waals surface area contributed by atoms with Crippen molar-refractivity contribution in [3.8, 4) is 0 Å². The number of rotatable bonds is 11. The van der Waals surface area contributed by atoms with E-state index in [2.05, 4.69) is 5.32 Å². The van der Waals surface area contributed by atoms with E-state index in [1.54, 1.807) is 0 Å². The van der Waals surface area contributed by atoms with Crippen molar-refractivity contribution in [3.63, 3.8) is 0 Å². The number of nitrogens with one attached hydrogen (secondary N) is 1. The minimum Gasteiger partial charge on any atom is -0.389 e. The van der Waals surface area contributed by atoms with Crippen molar-refractivity contribution in [3.05, 3.63) is 0 Å². The van der Waals surface area contributed by atoms with E-state index in [-0.39, 0.29) is 19.7 Å². The highest BCUT2D eigenvalue weighted by atomic mass is 19.3. The zero-order valence-corrected chi connectivity index (χ0v) is 9.94. The van der Waals surface area contributed by atoms with Crippen LogP contribution in [0, 0.1) is 0 Å². The van der Waals surface area contributed by atoms with Crippen LogP contribution in [0.4, 0.5) is 8.78 Å². The Bertz CT molecular complexity index is 174. The molecule has 7 heteroatoms. The second-order valence-corrected chi connectivity index (χ2v) is 3.49. The molecule has 0 amide bonds. The lowest BCUT2D eigenvalue weighted by molar-refractivity contribution is -0.0108. The Hall–Kier alpha value is -0.340. The Labute approximate surface area is 99.7 Å². The largest absolute Gasteiger partial charge is 0.389 e. The highest BCUT2D eigenvalue weighted by Gasteiger charge is 2.16. The zero-order valence-electron chi connectivity index (χ0n) is 9.94. The average Bonchev–Trinajstić information content (AvgIpc) is 2.28. The summed E-state index contributed by atoms with van der Waals surface area (Å²) in [6.07, 6.45) is -5.27. The van der Waals surface area contributed by atoms with Gasteiger partial charge in [0.15, 0.2) is 0 Å². The number of aliphatic hydroxyl groups is 2. The number of ether oxygens (including phenoxy) is 2. The molecule has 2 atom stereocenters. The molecule has 0 aliphatic heterocycles. The number of halogens is 2. The minimum atomic E-state index is -2.78. The smallest absolute Gasteiger partial charge is 0.265 e. The molecule has 0 saturated heterocycles. The van der Waals surface area contributed by atoms with Crippen molar-refractivity contribution >= 4 is 0 Å². The van der Waals surface area contributed by atoms with Crippen LogP contribution in [0.25, 0.3) is 0 Å². The maximum absolute atomic E-state index is 11.9. The van der Waals surface area contributed by atoms with Gasteiger partial charge in [-0.2, -0.15) is 0 Å². The molecule has 5 nitrogen and oxygen atoms in total. The van der Waals surface area contributed by atoms with Crippen LogP contribution in [0.5, 0.6) is 0 Å². The predicted octanol–water partition coefficient (Wildman–Crippen LogP) is -0.384. The van der Waals surface area contributed by atoms with Crippen molar-refractivity contribution in [2.45, 2.75) is 25.6 Å². The fourth-order valence-electron chi connectivity index (χ4n) is 1.03. The van der Waals surface area contributed by atoms with Crippen molar-refractivity contribution in [1.82, 2.24) is 5.32 Å². The van der Waals surface area contributed by atoms with E-state index in [0.717, 1.165) is 0 Å². The monoisotopic (exact) mass is 257 g/mol. The summed E-state index contributed by atoms with van der Waals surface area (Å²) < 4.78 is 33.9. The molecule has 0 radical (unpaired) electrons. The highest BCUT2D eigenvalue weighted by molar-refractivity contribution is 4.64. The maximum atomic E-state index is 11.9. The first kappa shape index (κ1) is 16.7. The second-order valence-electron chi connectivity index (χ2n) is 3.49. The zero-order chi connectivity index (χ0) is 13.1.